The molecule has 1 aromatic carbocycles. The Morgan fingerprint density at radius 3 is 2.83 bits per heavy atom. The van der Waals surface area contributed by atoms with E-state index in [-0.39, 0.29) is 36.4 Å². The third kappa shape index (κ3) is 2.91. The summed E-state index contributed by atoms with van der Waals surface area (Å²) in [6.07, 6.45) is 1.98. The monoisotopic (exact) mass is 330 g/mol. The first-order chi connectivity index (χ1) is 11.7. The Morgan fingerprint density at radius 1 is 1.21 bits per heavy atom. The number of benzene rings is 1. The Morgan fingerprint density at radius 2 is 2.00 bits per heavy atom. The maximum atomic E-state index is 13.1. The second kappa shape index (κ2) is 6.53. The highest BCUT2D eigenvalue weighted by Crippen LogP contribution is 2.35. The number of amides is 2. The zero-order chi connectivity index (χ0) is 16.5. The van der Waals surface area contributed by atoms with E-state index in [2.05, 4.69) is 5.32 Å². The molecular weight excluding hydrogens is 308 g/mol. The molecule has 0 aromatic heterocycles. The quantitative estimate of drug-likeness (QED) is 0.897. The topological polar surface area (TPSA) is 67.9 Å². The number of nitrogens with one attached hydrogen (secondary N) is 1. The molecule has 2 fully saturated rings. The van der Waals surface area contributed by atoms with Gasteiger partial charge < -0.3 is 19.7 Å². The van der Waals surface area contributed by atoms with Crippen molar-refractivity contribution in [3.8, 4) is 0 Å². The summed E-state index contributed by atoms with van der Waals surface area (Å²) in [6.45, 7) is 2.64. The fourth-order valence-corrected chi connectivity index (χ4v) is 3.93. The molecule has 3 aliphatic heterocycles. The Kier molecular flexibility index (Phi) is 4.24. The fraction of sp³-hybridized carbons (Fsp3) is 0.556. The highest BCUT2D eigenvalue weighted by Gasteiger charge is 2.37. The van der Waals surface area contributed by atoms with E-state index in [4.69, 9.17) is 9.47 Å². The van der Waals surface area contributed by atoms with Crippen molar-refractivity contribution in [2.24, 2.45) is 5.92 Å². The standard InChI is InChI=1S/C18H22N2O4/c21-16-10-14(13-5-1-2-6-15(13)19-16)17(22)20-7-3-4-12(11-20)18-23-8-9-24-18/h1-2,5-6,12,14,18H,3-4,7-11H2,(H,19,21). The van der Waals surface area contributed by atoms with Crippen LogP contribution >= 0.6 is 0 Å². The summed E-state index contributed by atoms with van der Waals surface area (Å²) in [4.78, 5) is 26.9. The van der Waals surface area contributed by atoms with Gasteiger partial charge in [0.25, 0.3) is 0 Å². The maximum Gasteiger partial charge on any atom is 0.230 e. The van der Waals surface area contributed by atoms with Crippen molar-refractivity contribution < 1.29 is 19.1 Å². The molecule has 6 nitrogen and oxygen atoms in total. The van der Waals surface area contributed by atoms with Crippen LogP contribution in [-0.2, 0) is 19.1 Å². The molecule has 0 saturated carbocycles. The van der Waals surface area contributed by atoms with Gasteiger partial charge >= 0.3 is 0 Å². The van der Waals surface area contributed by atoms with Crippen molar-refractivity contribution in [1.82, 2.24) is 4.90 Å². The lowest BCUT2D eigenvalue weighted by atomic mass is 9.88. The van der Waals surface area contributed by atoms with Gasteiger partial charge in [0.05, 0.1) is 19.1 Å². The van der Waals surface area contributed by atoms with Crippen LogP contribution in [-0.4, -0.2) is 49.3 Å². The van der Waals surface area contributed by atoms with Crippen LogP contribution in [0.2, 0.25) is 0 Å². The molecule has 2 atom stereocenters. The number of rotatable bonds is 2. The van der Waals surface area contributed by atoms with Crippen molar-refractivity contribution in [2.45, 2.75) is 31.5 Å². The molecular formula is C18H22N2O4. The van der Waals surface area contributed by atoms with Crippen molar-refractivity contribution in [3.63, 3.8) is 0 Å². The minimum absolute atomic E-state index is 0.0417. The number of nitrogens with zero attached hydrogens (tertiary/aromatic N) is 1. The smallest absolute Gasteiger partial charge is 0.230 e. The molecule has 0 radical (unpaired) electrons. The van der Waals surface area contributed by atoms with Gasteiger partial charge in [-0.3, -0.25) is 9.59 Å². The van der Waals surface area contributed by atoms with Crippen molar-refractivity contribution in [3.05, 3.63) is 29.8 Å². The number of para-hydroxylation sites is 1. The number of carbonyl (C=O) groups excluding carboxylic acids is 2. The van der Waals surface area contributed by atoms with Gasteiger partial charge in [0, 0.05) is 31.1 Å². The summed E-state index contributed by atoms with van der Waals surface area (Å²) in [7, 11) is 0. The number of hydrogen-bond acceptors (Lipinski definition) is 4. The number of fused-ring (bicyclic) bond motifs is 1. The first-order valence-corrected chi connectivity index (χ1v) is 8.63. The predicted molar refractivity (Wildman–Crippen MR) is 87.4 cm³/mol. The number of hydrogen-bond donors (Lipinski definition) is 1. The van der Waals surface area contributed by atoms with Gasteiger partial charge in [-0.05, 0) is 24.5 Å². The van der Waals surface area contributed by atoms with Gasteiger partial charge in [-0.25, -0.2) is 0 Å². The summed E-state index contributed by atoms with van der Waals surface area (Å²) in [6, 6.07) is 7.57. The van der Waals surface area contributed by atoms with Crippen molar-refractivity contribution >= 4 is 17.5 Å². The minimum atomic E-state index is -0.390. The maximum absolute atomic E-state index is 13.1. The Balaban J connectivity index is 1.52. The molecule has 2 amide bonds. The van der Waals surface area contributed by atoms with Gasteiger partial charge in [-0.15, -0.1) is 0 Å². The summed E-state index contributed by atoms with van der Waals surface area (Å²) >= 11 is 0. The van der Waals surface area contributed by atoms with E-state index in [9.17, 15) is 9.59 Å². The lowest BCUT2D eigenvalue weighted by molar-refractivity contribution is -0.142. The second-order valence-electron chi connectivity index (χ2n) is 6.69. The zero-order valence-electron chi connectivity index (χ0n) is 13.6. The summed E-state index contributed by atoms with van der Waals surface area (Å²) in [5, 5.41) is 2.85. The number of anilines is 1. The lowest BCUT2D eigenvalue weighted by Crippen LogP contribution is -2.46. The Hall–Kier alpha value is -1.92. The number of piperidine rings is 1. The van der Waals surface area contributed by atoms with E-state index in [1.807, 2.05) is 29.2 Å². The molecule has 2 unspecified atom stereocenters. The largest absolute Gasteiger partial charge is 0.350 e. The van der Waals surface area contributed by atoms with Gasteiger partial charge in [-0.2, -0.15) is 0 Å². The Labute approximate surface area is 141 Å². The van der Waals surface area contributed by atoms with Crippen LogP contribution < -0.4 is 5.32 Å². The van der Waals surface area contributed by atoms with Gasteiger partial charge in [-0.1, -0.05) is 18.2 Å². The highest BCUT2D eigenvalue weighted by atomic mass is 16.7. The number of likely N-dealkylation sites (tertiary alicyclic amines) is 1. The molecule has 24 heavy (non-hydrogen) atoms. The normalized spacial score (nSPS) is 27.7. The van der Waals surface area contributed by atoms with Crippen LogP contribution in [0.1, 0.15) is 30.7 Å². The van der Waals surface area contributed by atoms with Crippen molar-refractivity contribution in [1.29, 1.82) is 0 Å². The van der Waals surface area contributed by atoms with E-state index < -0.39 is 0 Å². The van der Waals surface area contributed by atoms with E-state index in [0.717, 1.165) is 30.6 Å². The summed E-state index contributed by atoms with van der Waals surface area (Å²) in [5.74, 6) is -0.222. The average Bonchev–Trinajstić information content (AvgIpc) is 3.15. The van der Waals surface area contributed by atoms with E-state index in [0.29, 0.717) is 19.8 Å². The average molecular weight is 330 g/mol. The molecule has 1 aromatic rings. The molecule has 0 aliphatic carbocycles. The zero-order valence-corrected chi connectivity index (χ0v) is 13.6. The molecule has 4 rings (SSSR count). The van der Waals surface area contributed by atoms with Crippen LogP contribution in [0, 0.1) is 5.92 Å². The second-order valence-corrected chi connectivity index (χ2v) is 6.69. The molecule has 2 saturated heterocycles. The third-order valence-corrected chi connectivity index (χ3v) is 5.10. The van der Waals surface area contributed by atoms with Crippen molar-refractivity contribution in [2.75, 3.05) is 31.6 Å². The molecule has 128 valence electrons. The minimum Gasteiger partial charge on any atom is -0.350 e. The van der Waals surface area contributed by atoms with Crippen LogP contribution in [0.3, 0.4) is 0 Å². The van der Waals surface area contributed by atoms with E-state index in [1.165, 1.54) is 0 Å². The van der Waals surface area contributed by atoms with Gasteiger partial charge in [0.2, 0.25) is 11.8 Å². The lowest BCUT2D eigenvalue weighted by Gasteiger charge is -2.37. The molecule has 1 N–H and O–H groups in total. The van der Waals surface area contributed by atoms with Gasteiger partial charge in [0.1, 0.15) is 0 Å². The first kappa shape index (κ1) is 15.6. The molecule has 0 spiro atoms. The summed E-state index contributed by atoms with van der Waals surface area (Å²) < 4.78 is 11.2. The van der Waals surface area contributed by atoms with Gasteiger partial charge in [0.15, 0.2) is 6.29 Å². The first-order valence-electron chi connectivity index (χ1n) is 8.63. The van der Waals surface area contributed by atoms with Crippen LogP contribution in [0.25, 0.3) is 0 Å². The van der Waals surface area contributed by atoms with Crippen LogP contribution in [0.4, 0.5) is 5.69 Å². The molecule has 3 heterocycles. The molecule has 0 bridgehead atoms. The predicted octanol–water partition coefficient (Wildman–Crippen LogP) is 1.72. The Bertz CT molecular complexity index is 642. The SMILES string of the molecule is O=C1CC(C(=O)N2CCCC(C3OCCO3)C2)c2ccccc2N1. The summed E-state index contributed by atoms with van der Waals surface area (Å²) in [5.41, 5.74) is 1.67. The fourth-order valence-electron chi connectivity index (χ4n) is 3.93. The highest BCUT2D eigenvalue weighted by molar-refractivity contribution is 6.01. The van der Waals surface area contributed by atoms with Crippen LogP contribution in [0.5, 0.6) is 0 Å². The van der Waals surface area contributed by atoms with Crippen LogP contribution in [0.15, 0.2) is 24.3 Å². The molecule has 3 aliphatic rings. The van der Waals surface area contributed by atoms with E-state index in [1.54, 1.807) is 0 Å². The molecule has 6 heteroatoms. The third-order valence-electron chi connectivity index (χ3n) is 5.10. The number of carbonyl (C=O) groups is 2. The van der Waals surface area contributed by atoms with E-state index >= 15 is 0 Å². The number of ether oxygens (including phenoxy) is 2.